The second-order valence-corrected chi connectivity index (χ2v) is 8.05. The number of thiazole rings is 1. The molecule has 0 aromatic carbocycles. The number of likely N-dealkylation sites (tertiary alicyclic amines) is 1. The number of aliphatic imine (C=N–C) groups is 1. The van der Waals surface area contributed by atoms with Crippen molar-refractivity contribution < 1.29 is 4.79 Å². The molecule has 7 heteroatoms. The lowest BCUT2D eigenvalue weighted by Crippen LogP contribution is -2.46. The molecule has 146 valence electrons. The minimum Gasteiger partial charge on any atom is -0.359 e. The van der Waals surface area contributed by atoms with Gasteiger partial charge < -0.3 is 15.5 Å². The fourth-order valence-corrected chi connectivity index (χ4v) is 4.33. The molecule has 0 bridgehead atoms. The molecule has 1 aromatic rings. The standard InChI is InChI=1S/C19H33N5OS/c1-5-16-14(3)26-18(23-16)7-10-22-19(21-6-2)24-11-8-15(9-12-24)13-17(25)20-4/h15H,5-13H2,1-4H3,(H,20,25)(H,21,22). The average molecular weight is 380 g/mol. The number of rotatable bonds is 7. The molecule has 1 amide bonds. The smallest absolute Gasteiger partial charge is 0.220 e. The van der Waals surface area contributed by atoms with Crippen molar-refractivity contribution in [2.75, 3.05) is 33.2 Å². The molecular weight excluding hydrogens is 346 g/mol. The Morgan fingerprint density at radius 3 is 2.65 bits per heavy atom. The van der Waals surface area contributed by atoms with Crippen LogP contribution in [0.4, 0.5) is 0 Å². The summed E-state index contributed by atoms with van der Waals surface area (Å²) in [6, 6.07) is 0. The van der Waals surface area contributed by atoms with Gasteiger partial charge in [-0.2, -0.15) is 0 Å². The number of hydrogen-bond donors (Lipinski definition) is 2. The molecule has 0 unspecified atom stereocenters. The molecule has 0 saturated carbocycles. The van der Waals surface area contributed by atoms with Crippen LogP contribution >= 0.6 is 11.3 Å². The van der Waals surface area contributed by atoms with Crippen molar-refractivity contribution in [2.45, 2.75) is 52.9 Å². The average Bonchev–Trinajstić information content (AvgIpc) is 3.01. The van der Waals surface area contributed by atoms with Crippen molar-refractivity contribution in [3.8, 4) is 0 Å². The molecule has 1 fully saturated rings. The maximum Gasteiger partial charge on any atom is 0.220 e. The van der Waals surface area contributed by atoms with Crippen molar-refractivity contribution in [1.29, 1.82) is 0 Å². The highest BCUT2D eigenvalue weighted by Crippen LogP contribution is 2.21. The van der Waals surface area contributed by atoms with Crippen LogP contribution in [0.5, 0.6) is 0 Å². The van der Waals surface area contributed by atoms with E-state index in [1.807, 2.05) is 0 Å². The van der Waals surface area contributed by atoms with Gasteiger partial charge in [-0.15, -0.1) is 11.3 Å². The molecule has 2 heterocycles. The van der Waals surface area contributed by atoms with Crippen LogP contribution in [0.15, 0.2) is 4.99 Å². The molecule has 0 aliphatic carbocycles. The minimum atomic E-state index is 0.147. The first-order valence-corrected chi connectivity index (χ1v) is 10.6. The van der Waals surface area contributed by atoms with E-state index in [4.69, 9.17) is 9.98 Å². The van der Waals surface area contributed by atoms with E-state index >= 15 is 0 Å². The summed E-state index contributed by atoms with van der Waals surface area (Å²) in [6.07, 6.45) is 4.63. The Morgan fingerprint density at radius 1 is 1.35 bits per heavy atom. The first kappa shape index (κ1) is 20.7. The van der Waals surface area contributed by atoms with Gasteiger partial charge in [0.2, 0.25) is 5.91 Å². The van der Waals surface area contributed by atoms with Crippen molar-refractivity contribution in [2.24, 2.45) is 10.9 Å². The normalized spacial score (nSPS) is 16.0. The van der Waals surface area contributed by atoms with Crippen molar-refractivity contribution in [3.63, 3.8) is 0 Å². The second kappa shape index (κ2) is 10.5. The van der Waals surface area contributed by atoms with Crippen LogP contribution in [-0.2, 0) is 17.6 Å². The highest BCUT2D eigenvalue weighted by atomic mass is 32.1. The zero-order valence-electron chi connectivity index (χ0n) is 16.6. The minimum absolute atomic E-state index is 0.147. The summed E-state index contributed by atoms with van der Waals surface area (Å²) in [4.78, 5) is 24.7. The van der Waals surface area contributed by atoms with E-state index in [0.29, 0.717) is 12.3 Å². The molecule has 2 N–H and O–H groups in total. The number of aromatic nitrogens is 1. The van der Waals surface area contributed by atoms with Crippen LogP contribution in [0.25, 0.3) is 0 Å². The summed E-state index contributed by atoms with van der Waals surface area (Å²) in [6.45, 7) is 9.96. The number of guanidine groups is 1. The number of nitrogens with zero attached hydrogens (tertiary/aromatic N) is 3. The molecule has 26 heavy (non-hydrogen) atoms. The Labute approximate surface area is 161 Å². The molecule has 0 atom stereocenters. The number of piperidine rings is 1. The number of carbonyl (C=O) groups is 1. The molecule has 2 rings (SSSR count). The van der Waals surface area contributed by atoms with E-state index in [1.54, 1.807) is 18.4 Å². The Morgan fingerprint density at radius 2 is 2.08 bits per heavy atom. The van der Waals surface area contributed by atoms with Crippen molar-refractivity contribution in [3.05, 3.63) is 15.6 Å². The van der Waals surface area contributed by atoms with Gasteiger partial charge >= 0.3 is 0 Å². The fraction of sp³-hybridized carbons (Fsp3) is 0.737. The van der Waals surface area contributed by atoms with Gasteiger partial charge in [0, 0.05) is 50.9 Å². The largest absolute Gasteiger partial charge is 0.359 e. The van der Waals surface area contributed by atoms with E-state index < -0.39 is 0 Å². The third-order valence-electron chi connectivity index (χ3n) is 4.86. The molecule has 0 radical (unpaired) electrons. The molecular formula is C19H33N5OS. The molecule has 1 aromatic heterocycles. The van der Waals surface area contributed by atoms with Crippen molar-refractivity contribution in [1.82, 2.24) is 20.5 Å². The summed E-state index contributed by atoms with van der Waals surface area (Å²) in [5.74, 6) is 1.63. The van der Waals surface area contributed by atoms with Crippen LogP contribution in [-0.4, -0.2) is 55.0 Å². The van der Waals surface area contributed by atoms with Crippen LogP contribution in [0.1, 0.15) is 48.7 Å². The van der Waals surface area contributed by atoms with E-state index in [9.17, 15) is 4.79 Å². The van der Waals surface area contributed by atoms with Crippen molar-refractivity contribution >= 4 is 23.2 Å². The Bertz CT molecular complexity index is 605. The first-order chi connectivity index (χ1) is 12.6. The number of hydrogen-bond acceptors (Lipinski definition) is 4. The Balaban J connectivity index is 1.87. The van der Waals surface area contributed by atoms with Gasteiger partial charge in [-0.25, -0.2) is 4.98 Å². The number of carbonyl (C=O) groups excluding carboxylic acids is 1. The van der Waals surface area contributed by atoms with Gasteiger partial charge in [0.15, 0.2) is 5.96 Å². The van der Waals surface area contributed by atoms with E-state index in [2.05, 4.69) is 36.3 Å². The topological polar surface area (TPSA) is 69.6 Å². The van der Waals surface area contributed by atoms with E-state index in [1.165, 1.54) is 15.6 Å². The molecule has 1 aliphatic rings. The number of nitrogens with one attached hydrogen (secondary N) is 2. The number of aryl methyl sites for hydroxylation is 2. The van der Waals surface area contributed by atoms with E-state index in [-0.39, 0.29) is 5.91 Å². The summed E-state index contributed by atoms with van der Waals surface area (Å²) in [5.41, 5.74) is 1.22. The van der Waals surface area contributed by atoms with Gasteiger partial charge in [-0.3, -0.25) is 9.79 Å². The lowest BCUT2D eigenvalue weighted by Gasteiger charge is -2.34. The third-order valence-corrected chi connectivity index (χ3v) is 5.93. The molecule has 6 nitrogen and oxygen atoms in total. The quantitative estimate of drug-likeness (QED) is 0.564. The Kier molecular flexibility index (Phi) is 8.35. The van der Waals surface area contributed by atoms with Gasteiger partial charge in [0.25, 0.3) is 0 Å². The highest BCUT2D eigenvalue weighted by molar-refractivity contribution is 7.11. The summed E-state index contributed by atoms with van der Waals surface area (Å²) in [7, 11) is 1.71. The molecule has 1 saturated heterocycles. The third kappa shape index (κ3) is 5.97. The molecule has 1 aliphatic heterocycles. The number of amides is 1. The fourth-order valence-electron chi connectivity index (χ4n) is 3.32. The monoisotopic (exact) mass is 379 g/mol. The van der Waals surface area contributed by atoms with Gasteiger partial charge in [-0.1, -0.05) is 6.92 Å². The van der Waals surface area contributed by atoms with E-state index in [0.717, 1.165) is 57.8 Å². The van der Waals surface area contributed by atoms with Crippen LogP contribution in [0.2, 0.25) is 0 Å². The second-order valence-electron chi connectivity index (χ2n) is 6.76. The highest BCUT2D eigenvalue weighted by Gasteiger charge is 2.23. The maximum atomic E-state index is 11.6. The summed E-state index contributed by atoms with van der Waals surface area (Å²) in [5, 5.41) is 7.32. The maximum absolute atomic E-state index is 11.6. The lowest BCUT2D eigenvalue weighted by molar-refractivity contribution is -0.121. The summed E-state index contributed by atoms with van der Waals surface area (Å²) < 4.78 is 0. The van der Waals surface area contributed by atoms with Gasteiger partial charge in [0.1, 0.15) is 0 Å². The van der Waals surface area contributed by atoms with Crippen LogP contribution in [0, 0.1) is 12.8 Å². The first-order valence-electron chi connectivity index (χ1n) is 9.76. The predicted molar refractivity (Wildman–Crippen MR) is 109 cm³/mol. The SMILES string of the molecule is CCNC(=NCCc1nc(CC)c(C)s1)N1CCC(CC(=O)NC)CC1. The molecule has 0 spiro atoms. The summed E-state index contributed by atoms with van der Waals surface area (Å²) >= 11 is 1.80. The zero-order valence-corrected chi connectivity index (χ0v) is 17.4. The van der Waals surface area contributed by atoms with Crippen LogP contribution < -0.4 is 10.6 Å². The zero-order chi connectivity index (χ0) is 18.9. The Hall–Kier alpha value is -1.63. The van der Waals surface area contributed by atoms with Gasteiger partial charge in [0.05, 0.1) is 10.7 Å². The predicted octanol–water partition coefficient (Wildman–Crippen LogP) is 2.37. The van der Waals surface area contributed by atoms with Gasteiger partial charge in [-0.05, 0) is 39.0 Å². The van der Waals surface area contributed by atoms with Crippen LogP contribution in [0.3, 0.4) is 0 Å². The lowest BCUT2D eigenvalue weighted by atomic mass is 9.93.